The SMILES string of the molecule is Cc1cccc(C2=N/C(=C\c3ccc(Br)s3)C(=O)O2)c1. The molecular weight excluding hydrogens is 338 g/mol. The van der Waals surface area contributed by atoms with E-state index in [1.807, 2.05) is 43.3 Å². The van der Waals surface area contributed by atoms with Crippen molar-refractivity contribution < 1.29 is 9.53 Å². The molecule has 0 aliphatic carbocycles. The summed E-state index contributed by atoms with van der Waals surface area (Å²) in [5.41, 5.74) is 2.24. The van der Waals surface area contributed by atoms with Gasteiger partial charge in [-0.15, -0.1) is 11.3 Å². The van der Waals surface area contributed by atoms with Crippen molar-refractivity contribution in [2.24, 2.45) is 4.99 Å². The van der Waals surface area contributed by atoms with Crippen molar-refractivity contribution in [1.82, 2.24) is 0 Å². The molecular formula is C15H10BrNO2S. The Labute approximate surface area is 128 Å². The first kappa shape index (κ1) is 13.3. The van der Waals surface area contributed by atoms with Crippen LogP contribution in [0.4, 0.5) is 0 Å². The molecule has 0 fully saturated rings. The number of benzene rings is 1. The van der Waals surface area contributed by atoms with Gasteiger partial charge in [0.15, 0.2) is 5.70 Å². The molecule has 1 aliphatic heterocycles. The van der Waals surface area contributed by atoms with Crippen LogP contribution in [0.25, 0.3) is 6.08 Å². The normalized spacial score (nSPS) is 16.4. The number of cyclic esters (lactones) is 1. The average Bonchev–Trinajstić information content (AvgIpc) is 2.97. The van der Waals surface area contributed by atoms with E-state index in [1.165, 1.54) is 11.3 Å². The van der Waals surface area contributed by atoms with Crippen LogP contribution in [0.1, 0.15) is 16.0 Å². The van der Waals surface area contributed by atoms with E-state index >= 15 is 0 Å². The number of halogens is 1. The summed E-state index contributed by atoms with van der Waals surface area (Å²) in [6.07, 6.45) is 1.74. The lowest BCUT2D eigenvalue weighted by Crippen LogP contribution is -2.05. The Hall–Kier alpha value is -1.72. The molecule has 1 aromatic heterocycles. The largest absolute Gasteiger partial charge is 0.402 e. The minimum Gasteiger partial charge on any atom is -0.402 e. The summed E-state index contributed by atoms with van der Waals surface area (Å²) in [6.45, 7) is 1.99. The predicted molar refractivity (Wildman–Crippen MR) is 83.8 cm³/mol. The number of esters is 1. The highest BCUT2D eigenvalue weighted by Crippen LogP contribution is 2.26. The van der Waals surface area contributed by atoms with Gasteiger partial charge in [-0.3, -0.25) is 0 Å². The van der Waals surface area contributed by atoms with Gasteiger partial charge in [0.25, 0.3) is 0 Å². The quantitative estimate of drug-likeness (QED) is 0.604. The molecule has 0 unspecified atom stereocenters. The number of nitrogens with zero attached hydrogens (tertiary/aromatic N) is 1. The lowest BCUT2D eigenvalue weighted by molar-refractivity contribution is -0.129. The molecule has 0 radical (unpaired) electrons. The number of hydrogen-bond donors (Lipinski definition) is 0. The van der Waals surface area contributed by atoms with Gasteiger partial charge in [0, 0.05) is 10.4 Å². The molecule has 2 heterocycles. The Morgan fingerprint density at radius 1 is 1.30 bits per heavy atom. The zero-order valence-electron chi connectivity index (χ0n) is 10.6. The molecule has 0 saturated carbocycles. The van der Waals surface area contributed by atoms with E-state index in [0.717, 1.165) is 19.8 Å². The summed E-state index contributed by atoms with van der Waals surface area (Å²) in [6, 6.07) is 11.6. The van der Waals surface area contributed by atoms with Gasteiger partial charge in [-0.2, -0.15) is 0 Å². The van der Waals surface area contributed by atoms with Gasteiger partial charge in [0.1, 0.15) is 0 Å². The van der Waals surface area contributed by atoms with E-state index < -0.39 is 5.97 Å². The lowest BCUT2D eigenvalue weighted by Gasteiger charge is -1.99. The van der Waals surface area contributed by atoms with Gasteiger partial charge < -0.3 is 4.74 Å². The van der Waals surface area contributed by atoms with Gasteiger partial charge >= 0.3 is 5.97 Å². The van der Waals surface area contributed by atoms with E-state index in [9.17, 15) is 4.79 Å². The summed E-state index contributed by atoms with van der Waals surface area (Å²) in [5, 5.41) is 0. The first-order valence-corrected chi connectivity index (χ1v) is 7.58. The maximum absolute atomic E-state index is 11.8. The first-order valence-electron chi connectivity index (χ1n) is 5.97. The molecule has 5 heteroatoms. The monoisotopic (exact) mass is 347 g/mol. The molecule has 3 rings (SSSR count). The maximum atomic E-state index is 11.8. The average molecular weight is 348 g/mol. The van der Waals surface area contributed by atoms with Crippen LogP contribution in [0.2, 0.25) is 0 Å². The summed E-state index contributed by atoms with van der Waals surface area (Å²) < 4.78 is 6.24. The molecule has 1 aromatic carbocycles. The number of carbonyl (C=O) groups excluding carboxylic acids is 1. The molecule has 0 amide bonds. The van der Waals surface area contributed by atoms with Crippen molar-refractivity contribution in [3.05, 3.63) is 61.9 Å². The van der Waals surface area contributed by atoms with Crippen molar-refractivity contribution >= 4 is 45.2 Å². The van der Waals surface area contributed by atoms with E-state index in [1.54, 1.807) is 6.08 Å². The molecule has 0 atom stereocenters. The molecule has 2 aromatic rings. The highest BCUT2D eigenvalue weighted by Gasteiger charge is 2.24. The van der Waals surface area contributed by atoms with Crippen LogP contribution >= 0.6 is 27.3 Å². The van der Waals surface area contributed by atoms with Crippen LogP contribution in [0, 0.1) is 6.92 Å². The molecule has 20 heavy (non-hydrogen) atoms. The van der Waals surface area contributed by atoms with Crippen molar-refractivity contribution in [2.45, 2.75) is 6.92 Å². The van der Waals surface area contributed by atoms with Gasteiger partial charge in [-0.05, 0) is 53.2 Å². The summed E-state index contributed by atoms with van der Waals surface area (Å²) >= 11 is 4.93. The van der Waals surface area contributed by atoms with Gasteiger partial charge in [-0.1, -0.05) is 17.7 Å². The fraction of sp³-hybridized carbons (Fsp3) is 0.0667. The standard InChI is InChI=1S/C15H10BrNO2S/c1-9-3-2-4-10(7-9)14-17-12(15(18)19-14)8-11-5-6-13(16)20-11/h2-8H,1H3/b12-8-. The minimum atomic E-state index is -0.411. The van der Waals surface area contributed by atoms with Crippen LogP contribution in [0.5, 0.6) is 0 Å². The number of carbonyl (C=O) groups is 1. The molecule has 0 bridgehead atoms. The number of hydrogen-bond acceptors (Lipinski definition) is 4. The fourth-order valence-electron chi connectivity index (χ4n) is 1.85. The smallest absolute Gasteiger partial charge is 0.363 e. The van der Waals surface area contributed by atoms with Gasteiger partial charge in [0.05, 0.1) is 3.79 Å². The Morgan fingerprint density at radius 3 is 2.85 bits per heavy atom. The Balaban J connectivity index is 1.94. The predicted octanol–water partition coefficient (Wildman–Crippen LogP) is 4.16. The zero-order chi connectivity index (χ0) is 14.1. The topological polar surface area (TPSA) is 38.7 Å². The second-order valence-corrected chi connectivity index (χ2v) is 6.84. The molecule has 0 spiro atoms. The highest BCUT2D eigenvalue weighted by atomic mass is 79.9. The summed E-state index contributed by atoms with van der Waals surface area (Å²) in [4.78, 5) is 17.1. The lowest BCUT2D eigenvalue weighted by atomic mass is 10.1. The molecule has 0 saturated heterocycles. The molecule has 0 N–H and O–H groups in total. The van der Waals surface area contributed by atoms with E-state index in [-0.39, 0.29) is 0 Å². The van der Waals surface area contributed by atoms with E-state index in [0.29, 0.717) is 11.6 Å². The number of rotatable bonds is 2. The number of aryl methyl sites for hydroxylation is 1. The van der Waals surface area contributed by atoms with Gasteiger partial charge in [0.2, 0.25) is 5.90 Å². The van der Waals surface area contributed by atoms with Crippen molar-refractivity contribution in [3.63, 3.8) is 0 Å². The van der Waals surface area contributed by atoms with Crippen LogP contribution < -0.4 is 0 Å². The van der Waals surface area contributed by atoms with Crippen LogP contribution in [-0.4, -0.2) is 11.9 Å². The van der Waals surface area contributed by atoms with Crippen molar-refractivity contribution in [3.8, 4) is 0 Å². The summed E-state index contributed by atoms with van der Waals surface area (Å²) in [5.74, 6) is -0.0494. The third-order valence-electron chi connectivity index (χ3n) is 2.76. The number of ether oxygens (including phenoxy) is 1. The minimum absolute atomic E-state index is 0.329. The van der Waals surface area contributed by atoms with Crippen molar-refractivity contribution in [2.75, 3.05) is 0 Å². The van der Waals surface area contributed by atoms with Gasteiger partial charge in [-0.25, -0.2) is 9.79 Å². The number of thiophene rings is 1. The second-order valence-electron chi connectivity index (χ2n) is 4.35. The second kappa shape index (κ2) is 5.34. The van der Waals surface area contributed by atoms with E-state index in [2.05, 4.69) is 20.9 Å². The fourth-order valence-corrected chi connectivity index (χ4v) is 3.21. The first-order chi connectivity index (χ1) is 9.61. The molecule has 3 nitrogen and oxygen atoms in total. The van der Waals surface area contributed by atoms with Crippen LogP contribution in [0.3, 0.4) is 0 Å². The maximum Gasteiger partial charge on any atom is 0.363 e. The Kier molecular flexibility index (Phi) is 3.54. The van der Waals surface area contributed by atoms with Crippen molar-refractivity contribution in [1.29, 1.82) is 0 Å². The number of aliphatic imine (C=N–C) groups is 1. The zero-order valence-corrected chi connectivity index (χ0v) is 13.0. The molecule has 1 aliphatic rings. The van der Waals surface area contributed by atoms with Crippen LogP contribution in [-0.2, 0) is 9.53 Å². The van der Waals surface area contributed by atoms with Crippen LogP contribution in [0.15, 0.2) is 50.9 Å². The Bertz CT molecular complexity index is 746. The molecule has 100 valence electrons. The highest BCUT2D eigenvalue weighted by molar-refractivity contribution is 9.11. The Morgan fingerprint density at radius 2 is 2.15 bits per heavy atom. The van der Waals surface area contributed by atoms with E-state index in [4.69, 9.17) is 4.74 Å². The third kappa shape index (κ3) is 2.73. The third-order valence-corrected chi connectivity index (χ3v) is 4.33. The summed E-state index contributed by atoms with van der Waals surface area (Å²) in [7, 11) is 0.